The fourth-order valence-electron chi connectivity index (χ4n) is 2.66. The normalized spacial score (nSPS) is 11.2. The molecule has 28 heavy (non-hydrogen) atoms. The highest BCUT2D eigenvalue weighted by molar-refractivity contribution is 6.39. The Morgan fingerprint density at radius 2 is 1.71 bits per heavy atom. The fraction of sp³-hybridized carbons (Fsp3) is 0.158. The van der Waals surface area contributed by atoms with Gasteiger partial charge in [0.15, 0.2) is 0 Å². The first-order valence-corrected chi connectivity index (χ1v) is 8.32. The minimum atomic E-state index is -4.80. The lowest BCUT2D eigenvalue weighted by Crippen LogP contribution is -2.36. The Bertz CT molecular complexity index is 981. The number of rotatable bonds is 5. The molecule has 0 aliphatic rings. The lowest BCUT2D eigenvalue weighted by atomic mass is 10.1. The van der Waals surface area contributed by atoms with E-state index in [9.17, 15) is 22.8 Å². The number of carbonyl (C=O) groups is 2. The van der Waals surface area contributed by atoms with Crippen LogP contribution in [0, 0.1) is 0 Å². The van der Waals surface area contributed by atoms with Crippen molar-refractivity contribution in [1.82, 2.24) is 10.3 Å². The molecule has 0 saturated carbocycles. The molecular formula is C19H16F3N3O3. The minimum absolute atomic E-state index is 0.173. The van der Waals surface area contributed by atoms with Gasteiger partial charge in [0.25, 0.3) is 0 Å². The number of amides is 2. The smallest absolute Gasteiger partial charge is 0.406 e. The summed E-state index contributed by atoms with van der Waals surface area (Å²) in [5.74, 6) is -2.17. The van der Waals surface area contributed by atoms with Crippen LogP contribution < -0.4 is 15.4 Å². The van der Waals surface area contributed by atoms with Crippen molar-refractivity contribution in [2.45, 2.75) is 12.8 Å². The fourth-order valence-corrected chi connectivity index (χ4v) is 2.66. The van der Waals surface area contributed by atoms with E-state index >= 15 is 0 Å². The Labute approximate surface area is 157 Å². The Balaban J connectivity index is 1.48. The van der Waals surface area contributed by atoms with Crippen LogP contribution in [0.5, 0.6) is 5.75 Å². The van der Waals surface area contributed by atoms with Crippen LogP contribution in [0.25, 0.3) is 10.9 Å². The van der Waals surface area contributed by atoms with E-state index in [2.05, 4.69) is 20.4 Å². The number of anilines is 1. The Kier molecular flexibility index (Phi) is 5.53. The summed E-state index contributed by atoms with van der Waals surface area (Å²) in [4.78, 5) is 26.9. The van der Waals surface area contributed by atoms with Crippen LogP contribution in [-0.2, 0) is 16.0 Å². The Morgan fingerprint density at radius 3 is 2.43 bits per heavy atom. The average molecular weight is 391 g/mol. The number of hydrogen-bond acceptors (Lipinski definition) is 3. The zero-order valence-electron chi connectivity index (χ0n) is 14.5. The Morgan fingerprint density at radius 1 is 1.00 bits per heavy atom. The van der Waals surface area contributed by atoms with Crippen molar-refractivity contribution in [1.29, 1.82) is 0 Å². The van der Waals surface area contributed by atoms with Gasteiger partial charge in [-0.15, -0.1) is 13.2 Å². The molecule has 0 spiro atoms. The summed E-state index contributed by atoms with van der Waals surface area (Å²) in [6.45, 7) is 0.256. The molecule has 3 rings (SSSR count). The maximum Gasteiger partial charge on any atom is 0.573 e. The first-order valence-electron chi connectivity index (χ1n) is 8.32. The van der Waals surface area contributed by atoms with E-state index in [0.29, 0.717) is 6.42 Å². The van der Waals surface area contributed by atoms with Crippen molar-refractivity contribution < 1.29 is 27.5 Å². The van der Waals surface area contributed by atoms with Gasteiger partial charge in [-0.25, -0.2) is 0 Å². The van der Waals surface area contributed by atoms with E-state index in [0.717, 1.165) is 28.6 Å². The SMILES string of the molecule is O=C(NCCc1c[nH]c2ccccc12)C(=O)Nc1ccc(OC(F)(F)F)cc1. The number of carbonyl (C=O) groups excluding carboxylic acids is 2. The second-order valence-electron chi connectivity index (χ2n) is 5.89. The van der Waals surface area contributed by atoms with E-state index in [1.165, 1.54) is 12.1 Å². The van der Waals surface area contributed by atoms with E-state index in [4.69, 9.17) is 0 Å². The van der Waals surface area contributed by atoms with Crippen LogP contribution in [0.2, 0.25) is 0 Å². The van der Waals surface area contributed by atoms with Crippen LogP contribution in [0.4, 0.5) is 18.9 Å². The van der Waals surface area contributed by atoms with E-state index in [-0.39, 0.29) is 12.2 Å². The number of aromatic nitrogens is 1. The highest BCUT2D eigenvalue weighted by Gasteiger charge is 2.31. The van der Waals surface area contributed by atoms with Crippen molar-refractivity contribution >= 4 is 28.4 Å². The highest BCUT2D eigenvalue weighted by Crippen LogP contribution is 2.24. The molecule has 9 heteroatoms. The lowest BCUT2D eigenvalue weighted by Gasteiger charge is -2.10. The van der Waals surface area contributed by atoms with Crippen molar-refractivity contribution in [2.75, 3.05) is 11.9 Å². The summed E-state index contributed by atoms with van der Waals surface area (Å²) in [5, 5.41) is 5.86. The van der Waals surface area contributed by atoms with Gasteiger partial charge in [-0.05, 0) is 42.3 Å². The topological polar surface area (TPSA) is 83.2 Å². The van der Waals surface area contributed by atoms with Gasteiger partial charge in [0, 0.05) is 29.3 Å². The number of halogens is 3. The molecule has 0 unspecified atom stereocenters. The molecule has 3 N–H and O–H groups in total. The molecule has 0 radical (unpaired) electrons. The first-order chi connectivity index (χ1) is 13.3. The van der Waals surface area contributed by atoms with Crippen LogP contribution in [0.1, 0.15) is 5.56 Å². The maximum absolute atomic E-state index is 12.1. The number of benzene rings is 2. The van der Waals surface area contributed by atoms with Gasteiger partial charge in [-0.1, -0.05) is 18.2 Å². The second-order valence-corrected chi connectivity index (χ2v) is 5.89. The molecule has 2 amide bonds. The molecule has 6 nitrogen and oxygen atoms in total. The summed E-state index contributed by atoms with van der Waals surface area (Å²) in [5.41, 5.74) is 2.17. The first kappa shape index (κ1) is 19.3. The summed E-state index contributed by atoms with van der Waals surface area (Å²) < 4.78 is 40.1. The van der Waals surface area contributed by atoms with Gasteiger partial charge in [-0.2, -0.15) is 0 Å². The molecule has 0 fully saturated rings. The largest absolute Gasteiger partial charge is 0.573 e. The highest BCUT2D eigenvalue weighted by atomic mass is 19.4. The number of aromatic amines is 1. The van der Waals surface area contributed by atoms with Crippen LogP contribution >= 0.6 is 0 Å². The number of ether oxygens (including phenoxy) is 1. The molecule has 0 atom stereocenters. The molecule has 1 heterocycles. The third-order valence-electron chi connectivity index (χ3n) is 3.91. The summed E-state index contributed by atoms with van der Waals surface area (Å²) in [6.07, 6.45) is -2.41. The predicted octanol–water partition coefficient (Wildman–Crippen LogP) is 3.36. The van der Waals surface area contributed by atoms with Gasteiger partial charge in [-0.3, -0.25) is 9.59 Å². The van der Waals surface area contributed by atoms with Crippen molar-refractivity contribution in [3.8, 4) is 5.75 Å². The summed E-state index contributed by atoms with van der Waals surface area (Å²) in [6, 6.07) is 12.2. The number of hydrogen-bond donors (Lipinski definition) is 3. The molecule has 0 aliphatic heterocycles. The molecule has 146 valence electrons. The summed E-state index contributed by atoms with van der Waals surface area (Å²) in [7, 11) is 0. The summed E-state index contributed by atoms with van der Waals surface area (Å²) >= 11 is 0. The van der Waals surface area contributed by atoms with Crippen molar-refractivity contribution in [3.05, 3.63) is 60.3 Å². The van der Waals surface area contributed by atoms with Gasteiger partial charge < -0.3 is 20.4 Å². The number of fused-ring (bicyclic) bond motifs is 1. The molecule has 1 aromatic heterocycles. The van der Waals surface area contributed by atoms with Gasteiger partial charge in [0.2, 0.25) is 0 Å². The average Bonchev–Trinajstić information content (AvgIpc) is 3.05. The van der Waals surface area contributed by atoms with Gasteiger partial charge >= 0.3 is 18.2 Å². The molecule has 0 aliphatic carbocycles. The third kappa shape index (κ3) is 5.03. The van der Waals surface area contributed by atoms with Crippen molar-refractivity contribution in [2.24, 2.45) is 0 Å². The maximum atomic E-state index is 12.1. The molecular weight excluding hydrogens is 375 g/mol. The number of alkyl halides is 3. The molecule has 0 saturated heterocycles. The quantitative estimate of drug-likeness (QED) is 0.583. The van der Waals surface area contributed by atoms with E-state index < -0.39 is 23.9 Å². The van der Waals surface area contributed by atoms with Crippen LogP contribution in [0.3, 0.4) is 0 Å². The van der Waals surface area contributed by atoms with Crippen LogP contribution in [0.15, 0.2) is 54.7 Å². The molecule has 2 aromatic carbocycles. The zero-order chi connectivity index (χ0) is 20.1. The second kappa shape index (κ2) is 8.03. The van der Waals surface area contributed by atoms with Gasteiger partial charge in [0.1, 0.15) is 5.75 Å². The minimum Gasteiger partial charge on any atom is -0.406 e. The third-order valence-corrected chi connectivity index (χ3v) is 3.91. The Hall–Kier alpha value is -3.49. The number of H-pyrrole nitrogens is 1. The van der Waals surface area contributed by atoms with E-state index in [1.54, 1.807) is 0 Å². The number of nitrogens with one attached hydrogen (secondary N) is 3. The van der Waals surface area contributed by atoms with Crippen molar-refractivity contribution in [3.63, 3.8) is 0 Å². The lowest BCUT2D eigenvalue weighted by molar-refractivity contribution is -0.274. The molecule has 0 bridgehead atoms. The van der Waals surface area contributed by atoms with E-state index in [1.807, 2.05) is 30.5 Å². The zero-order valence-corrected chi connectivity index (χ0v) is 14.5. The standard InChI is InChI=1S/C19H16F3N3O3/c20-19(21,22)28-14-7-5-13(6-8-14)25-18(27)17(26)23-10-9-12-11-24-16-4-2-1-3-15(12)16/h1-8,11,24H,9-10H2,(H,23,26)(H,25,27). The van der Waals surface area contributed by atoms with Crippen LogP contribution in [-0.4, -0.2) is 29.7 Å². The molecule has 3 aromatic rings. The monoisotopic (exact) mass is 391 g/mol. The number of para-hydroxylation sites is 1. The predicted molar refractivity (Wildman–Crippen MR) is 96.8 cm³/mol. The van der Waals surface area contributed by atoms with Gasteiger partial charge in [0.05, 0.1) is 0 Å².